The van der Waals surface area contributed by atoms with Crippen molar-refractivity contribution < 1.29 is 17.9 Å². The number of carbonyl (C=O) groups is 1. The molecular formula is C22H20Cl2N2O4S. The number of methoxy groups -OCH3 is 1. The third-order valence-corrected chi connectivity index (χ3v) is 6.86. The van der Waals surface area contributed by atoms with Crippen LogP contribution in [0.1, 0.15) is 5.56 Å². The fourth-order valence-electron chi connectivity index (χ4n) is 2.84. The lowest BCUT2D eigenvalue weighted by Crippen LogP contribution is -2.40. The first-order valence-electron chi connectivity index (χ1n) is 9.24. The van der Waals surface area contributed by atoms with E-state index >= 15 is 0 Å². The number of carbonyl (C=O) groups excluding carboxylic acids is 1. The first-order valence-corrected chi connectivity index (χ1v) is 11.4. The van der Waals surface area contributed by atoms with Crippen molar-refractivity contribution in [1.29, 1.82) is 0 Å². The molecule has 0 saturated carbocycles. The maximum Gasteiger partial charge on any atom is 0.264 e. The fourth-order valence-corrected chi connectivity index (χ4v) is 4.64. The highest BCUT2D eigenvalue weighted by atomic mass is 35.5. The number of hydrogen-bond donors (Lipinski definition) is 1. The van der Waals surface area contributed by atoms with Crippen LogP contribution in [-0.2, 0) is 21.4 Å². The van der Waals surface area contributed by atoms with Crippen molar-refractivity contribution in [3.63, 3.8) is 0 Å². The minimum absolute atomic E-state index is 0.0205. The molecule has 3 aromatic rings. The highest BCUT2D eigenvalue weighted by Crippen LogP contribution is 2.27. The molecule has 0 saturated heterocycles. The number of amides is 1. The van der Waals surface area contributed by atoms with E-state index in [2.05, 4.69) is 5.32 Å². The van der Waals surface area contributed by atoms with Crippen molar-refractivity contribution in [2.45, 2.75) is 11.4 Å². The van der Waals surface area contributed by atoms with Crippen LogP contribution in [-0.4, -0.2) is 28.0 Å². The summed E-state index contributed by atoms with van der Waals surface area (Å²) >= 11 is 12.2. The highest BCUT2D eigenvalue weighted by molar-refractivity contribution is 7.92. The summed E-state index contributed by atoms with van der Waals surface area (Å²) in [7, 11) is -2.56. The van der Waals surface area contributed by atoms with E-state index in [9.17, 15) is 13.2 Å². The molecule has 0 bridgehead atoms. The quantitative estimate of drug-likeness (QED) is 0.516. The monoisotopic (exact) mass is 478 g/mol. The lowest BCUT2D eigenvalue weighted by Gasteiger charge is -2.24. The summed E-state index contributed by atoms with van der Waals surface area (Å²) < 4.78 is 32.8. The number of sulfonamides is 1. The molecule has 9 heteroatoms. The van der Waals surface area contributed by atoms with E-state index in [1.807, 2.05) is 0 Å². The Bertz CT molecular complexity index is 1170. The molecule has 0 heterocycles. The standard InChI is InChI=1S/C22H20Cl2N2O4S/c1-30-19-9-11-20(12-10-19)31(28,29)26(18-7-4-6-17(23)13-18)15-22(27)25-14-16-5-2-3-8-21(16)24/h2-13H,14-15H2,1H3,(H,25,27). The molecule has 0 aliphatic heterocycles. The van der Waals surface area contributed by atoms with Gasteiger partial charge >= 0.3 is 0 Å². The number of anilines is 1. The number of rotatable bonds is 8. The Morgan fingerprint density at radius 2 is 1.71 bits per heavy atom. The summed E-state index contributed by atoms with van der Waals surface area (Å²) in [6.07, 6.45) is 0. The molecule has 0 unspecified atom stereocenters. The zero-order valence-electron chi connectivity index (χ0n) is 16.6. The summed E-state index contributed by atoms with van der Waals surface area (Å²) in [6, 6.07) is 19.3. The molecule has 0 atom stereocenters. The summed E-state index contributed by atoms with van der Waals surface area (Å²) in [5, 5.41) is 3.58. The number of ether oxygens (including phenoxy) is 1. The smallest absolute Gasteiger partial charge is 0.264 e. The van der Waals surface area contributed by atoms with Gasteiger partial charge in [0.2, 0.25) is 5.91 Å². The Morgan fingerprint density at radius 3 is 2.35 bits per heavy atom. The number of nitrogens with one attached hydrogen (secondary N) is 1. The molecule has 0 aromatic heterocycles. The number of hydrogen-bond acceptors (Lipinski definition) is 4. The predicted octanol–water partition coefficient (Wildman–Crippen LogP) is 4.51. The minimum Gasteiger partial charge on any atom is -0.497 e. The predicted molar refractivity (Wildman–Crippen MR) is 122 cm³/mol. The lowest BCUT2D eigenvalue weighted by molar-refractivity contribution is -0.119. The first-order chi connectivity index (χ1) is 14.8. The third-order valence-electron chi connectivity index (χ3n) is 4.46. The van der Waals surface area contributed by atoms with Gasteiger partial charge in [-0.15, -0.1) is 0 Å². The molecule has 3 rings (SSSR count). The van der Waals surface area contributed by atoms with E-state index in [1.165, 1.54) is 25.3 Å². The number of nitrogens with zero attached hydrogens (tertiary/aromatic N) is 1. The second-order valence-electron chi connectivity index (χ2n) is 6.54. The zero-order valence-corrected chi connectivity index (χ0v) is 18.9. The molecule has 31 heavy (non-hydrogen) atoms. The molecule has 1 amide bonds. The van der Waals surface area contributed by atoms with Gasteiger partial charge in [0.1, 0.15) is 12.3 Å². The third kappa shape index (κ3) is 5.70. The molecule has 0 spiro atoms. The van der Waals surface area contributed by atoms with Gasteiger partial charge in [0.15, 0.2) is 0 Å². The topological polar surface area (TPSA) is 75.7 Å². The molecular weight excluding hydrogens is 459 g/mol. The SMILES string of the molecule is COc1ccc(S(=O)(=O)N(CC(=O)NCc2ccccc2Cl)c2cccc(Cl)c2)cc1. The molecule has 3 aromatic carbocycles. The van der Waals surface area contributed by atoms with Gasteiger partial charge in [-0.1, -0.05) is 47.5 Å². The molecule has 162 valence electrons. The average Bonchev–Trinajstić information content (AvgIpc) is 2.77. The van der Waals surface area contributed by atoms with Crippen molar-refractivity contribution in [2.24, 2.45) is 0 Å². The Morgan fingerprint density at radius 1 is 1.00 bits per heavy atom. The van der Waals surface area contributed by atoms with E-state index in [1.54, 1.807) is 54.6 Å². The Hall–Kier alpha value is -2.74. The maximum absolute atomic E-state index is 13.3. The van der Waals surface area contributed by atoms with Gasteiger partial charge in [0, 0.05) is 16.6 Å². The second kappa shape index (κ2) is 10.0. The summed E-state index contributed by atoms with van der Waals surface area (Å²) in [5.74, 6) is 0.0303. The van der Waals surface area contributed by atoms with E-state index in [0.29, 0.717) is 15.8 Å². The largest absolute Gasteiger partial charge is 0.497 e. The summed E-state index contributed by atoms with van der Waals surface area (Å²) in [6.45, 7) is -0.260. The fraction of sp³-hybridized carbons (Fsp3) is 0.136. The summed E-state index contributed by atoms with van der Waals surface area (Å²) in [5.41, 5.74) is 1.00. The van der Waals surface area contributed by atoms with Crippen LogP contribution in [0.25, 0.3) is 0 Å². The van der Waals surface area contributed by atoms with Gasteiger partial charge in [-0.05, 0) is 54.1 Å². The van der Waals surface area contributed by atoms with E-state index in [0.717, 1.165) is 9.87 Å². The van der Waals surface area contributed by atoms with Crippen molar-refractivity contribution >= 4 is 44.8 Å². The van der Waals surface area contributed by atoms with Crippen LogP contribution in [0.5, 0.6) is 5.75 Å². The maximum atomic E-state index is 13.3. The van der Waals surface area contributed by atoms with Crippen LogP contribution in [0.2, 0.25) is 10.0 Å². The van der Waals surface area contributed by atoms with Crippen molar-refractivity contribution in [3.05, 3.63) is 88.4 Å². The lowest BCUT2D eigenvalue weighted by atomic mass is 10.2. The van der Waals surface area contributed by atoms with Crippen molar-refractivity contribution in [3.8, 4) is 5.75 Å². The molecule has 1 N–H and O–H groups in total. The van der Waals surface area contributed by atoms with Gasteiger partial charge < -0.3 is 10.1 Å². The molecule has 0 aliphatic carbocycles. The summed E-state index contributed by atoms with van der Waals surface area (Å²) in [4.78, 5) is 12.7. The van der Waals surface area contributed by atoms with Crippen LogP contribution < -0.4 is 14.4 Å². The zero-order chi connectivity index (χ0) is 22.4. The normalized spacial score (nSPS) is 11.1. The molecule has 0 fully saturated rings. The Labute approximate surface area is 191 Å². The van der Waals surface area contributed by atoms with Gasteiger partial charge in [-0.3, -0.25) is 9.10 Å². The van der Waals surface area contributed by atoms with E-state index < -0.39 is 22.5 Å². The second-order valence-corrected chi connectivity index (χ2v) is 9.24. The minimum atomic E-state index is -4.05. The van der Waals surface area contributed by atoms with Gasteiger partial charge in [0.25, 0.3) is 10.0 Å². The van der Waals surface area contributed by atoms with Crippen LogP contribution in [0, 0.1) is 0 Å². The van der Waals surface area contributed by atoms with Crippen molar-refractivity contribution in [2.75, 3.05) is 18.0 Å². The van der Waals surface area contributed by atoms with Gasteiger partial charge in [0.05, 0.1) is 17.7 Å². The average molecular weight is 479 g/mol. The number of halogens is 2. The van der Waals surface area contributed by atoms with E-state index in [4.69, 9.17) is 27.9 Å². The van der Waals surface area contributed by atoms with Crippen LogP contribution in [0.15, 0.2) is 77.7 Å². The Kier molecular flexibility index (Phi) is 7.43. The van der Waals surface area contributed by atoms with Gasteiger partial charge in [-0.2, -0.15) is 0 Å². The van der Waals surface area contributed by atoms with Crippen molar-refractivity contribution in [1.82, 2.24) is 5.32 Å². The van der Waals surface area contributed by atoms with Crippen LogP contribution >= 0.6 is 23.2 Å². The molecule has 0 aliphatic rings. The van der Waals surface area contributed by atoms with Crippen LogP contribution in [0.3, 0.4) is 0 Å². The van der Waals surface area contributed by atoms with E-state index in [-0.39, 0.29) is 17.1 Å². The highest BCUT2D eigenvalue weighted by Gasteiger charge is 2.27. The number of benzene rings is 3. The van der Waals surface area contributed by atoms with Crippen LogP contribution in [0.4, 0.5) is 5.69 Å². The Balaban J connectivity index is 1.87. The molecule has 0 radical (unpaired) electrons. The first kappa shape index (κ1) is 22.9. The van der Waals surface area contributed by atoms with Gasteiger partial charge in [-0.25, -0.2) is 8.42 Å². The molecule has 6 nitrogen and oxygen atoms in total.